The number of carbonyl (C=O) groups is 1. The third-order valence-electron chi connectivity index (χ3n) is 3.72. The van der Waals surface area contributed by atoms with Crippen molar-refractivity contribution >= 4 is 16.9 Å². The fourth-order valence-electron chi connectivity index (χ4n) is 2.91. The standard InChI is InChI=1S/C15H15NO4/c1-3-20-15(19)11-13(17)10-6-4-5-9-7-8(2)16(12(9)10)14(11)18/h4-6,8,17H,3,7H2,1-2H3. The monoisotopic (exact) mass is 273 g/mol. The van der Waals surface area contributed by atoms with Crippen LogP contribution in [0, 0.1) is 0 Å². The fourth-order valence-corrected chi connectivity index (χ4v) is 2.91. The largest absolute Gasteiger partial charge is 0.506 e. The second kappa shape index (κ2) is 4.37. The molecule has 2 aromatic rings. The van der Waals surface area contributed by atoms with Crippen molar-refractivity contribution in [2.75, 3.05) is 6.61 Å². The molecule has 3 rings (SSSR count). The van der Waals surface area contributed by atoms with Gasteiger partial charge < -0.3 is 14.4 Å². The molecule has 1 unspecified atom stereocenters. The van der Waals surface area contributed by atoms with Crippen molar-refractivity contribution in [3.63, 3.8) is 0 Å². The van der Waals surface area contributed by atoms with Gasteiger partial charge in [0, 0.05) is 11.4 Å². The molecule has 5 heteroatoms. The molecule has 2 heterocycles. The molecule has 20 heavy (non-hydrogen) atoms. The lowest BCUT2D eigenvalue weighted by Crippen LogP contribution is -2.28. The summed E-state index contributed by atoms with van der Waals surface area (Å²) in [7, 11) is 0. The molecule has 0 amide bonds. The summed E-state index contributed by atoms with van der Waals surface area (Å²) < 4.78 is 6.46. The maximum Gasteiger partial charge on any atom is 0.347 e. The molecule has 0 saturated heterocycles. The molecule has 0 radical (unpaired) electrons. The third-order valence-corrected chi connectivity index (χ3v) is 3.72. The zero-order chi connectivity index (χ0) is 14.4. The Morgan fingerprint density at radius 3 is 2.95 bits per heavy atom. The summed E-state index contributed by atoms with van der Waals surface area (Å²) in [4.78, 5) is 24.4. The minimum Gasteiger partial charge on any atom is -0.506 e. The van der Waals surface area contributed by atoms with E-state index in [0.29, 0.717) is 5.39 Å². The summed E-state index contributed by atoms with van der Waals surface area (Å²) in [5.41, 5.74) is 0.976. The number of pyridine rings is 1. The van der Waals surface area contributed by atoms with Gasteiger partial charge in [0.15, 0.2) is 5.56 Å². The van der Waals surface area contributed by atoms with Crippen LogP contribution in [0.1, 0.15) is 35.8 Å². The number of hydrogen-bond donors (Lipinski definition) is 1. The van der Waals surface area contributed by atoms with Gasteiger partial charge in [0.25, 0.3) is 5.56 Å². The first-order chi connectivity index (χ1) is 9.56. The van der Waals surface area contributed by atoms with Gasteiger partial charge in [0.05, 0.1) is 12.1 Å². The highest BCUT2D eigenvalue weighted by Crippen LogP contribution is 2.36. The van der Waals surface area contributed by atoms with Crippen LogP contribution in [0.15, 0.2) is 23.0 Å². The SMILES string of the molecule is CCOC(=O)c1c(O)c2cccc3c2n(c1=O)C(C)C3. The van der Waals surface area contributed by atoms with Crippen LogP contribution in [0.4, 0.5) is 0 Å². The van der Waals surface area contributed by atoms with Crippen LogP contribution in [-0.4, -0.2) is 22.2 Å². The van der Waals surface area contributed by atoms with Crippen molar-refractivity contribution in [2.45, 2.75) is 26.3 Å². The van der Waals surface area contributed by atoms with E-state index in [9.17, 15) is 14.7 Å². The van der Waals surface area contributed by atoms with Crippen LogP contribution in [0.5, 0.6) is 5.75 Å². The number of aromatic nitrogens is 1. The van der Waals surface area contributed by atoms with Gasteiger partial charge in [0.2, 0.25) is 0 Å². The number of hydrogen-bond acceptors (Lipinski definition) is 4. The van der Waals surface area contributed by atoms with E-state index in [4.69, 9.17) is 4.74 Å². The highest BCUT2D eigenvalue weighted by atomic mass is 16.5. The molecule has 1 aromatic carbocycles. The van der Waals surface area contributed by atoms with E-state index in [-0.39, 0.29) is 24.0 Å². The number of para-hydroxylation sites is 1. The van der Waals surface area contributed by atoms with E-state index < -0.39 is 11.5 Å². The topological polar surface area (TPSA) is 68.5 Å². The maximum absolute atomic E-state index is 12.5. The van der Waals surface area contributed by atoms with Gasteiger partial charge in [0.1, 0.15) is 5.75 Å². The normalized spacial score (nSPS) is 16.6. The molecule has 1 aliphatic rings. The first-order valence-corrected chi connectivity index (χ1v) is 6.62. The van der Waals surface area contributed by atoms with Crippen LogP contribution in [0.3, 0.4) is 0 Å². The van der Waals surface area contributed by atoms with Crippen LogP contribution < -0.4 is 5.56 Å². The molecular formula is C15H15NO4. The molecule has 1 N–H and O–H groups in total. The van der Waals surface area contributed by atoms with Gasteiger partial charge in [-0.1, -0.05) is 12.1 Å². The Hall–Kier alpha value is -2.30. The Morgan fingerprint density at radius 2 is 2.25 bits per heavy atom. The molecule has 1 atom stereocenters. The Kier molecular flexibility index (Phi) is 2.78. The smallest absolute Gasteiger partial charge is 0.347 e. The quantitative estimate of drug-likeness (QED) is 0.850. The number of carbonyl (C=O) groups excluding carboxylic acids is 1. The number of aromatic hydroxyl groups is 1. The predicted molar refractivity (Wildman–Crippen MR) is 74.2 cm³/mol. The summed E-state index contributed by atoms with van der Waals surface area (Å²) in [5.74, 6) is -1.05. The fraction of sp³-hybridized carbons (Fsp3) is 0.333. The minimum absolute atomic E-state index is 0.0313. The molecule has 0 fully saturated rings. The van der Waals surface area contributed by atoms with E-state index in [1.165, 1.54) is 0 Å². The van der Waals surface area contributed by atoms with Crippen molar-refractivity contribution in [3.05, 3.63) is 39.7 Å². The summed E-state index contributed by atoms with van der Waals surface area (Å²) in [6.07, 6.45) is 0.721. The maximum atomic E-state index is 12.5. The zero-order valence-corrected chi connectivity index (χ0v) is 11.3. The molecular weight excluding hydrogens is 258 g/mol. The summed E-state index contributed by atoms with van der Waals surface area (Å²) >= 11 is 0. The molecule has 0 spiro atoms. The van der Waals surface area contributed by atoms with Gasteiger partial charge in [-0.25, -0.2) is 4.79 Å². The molecule has 1 aromatic heterocycles. The van der Waals surface area contributed by atoms with Crippen molar-refractivity contribution in [1.29, 1.82) is 0 Å². The second-order valence-electron chi connectivity index (χ2n) is 4.99. The molecule has 104 valence electrons. The van der Waals surface area contributed by atoms with Crippen molar-refractivity contribution in [1.82, 2.24) is 4.57 Å². The number of rotatable bonds is 2. The molecule has 0 aliphatic carbocycles. The van der Waals surface area contributed by atoms with Crippen molar-refractivity contribution in [3.8, 4) is 5.75 Å². The van der Waals surface area contributed by atoms with Crippen molar-refractivity contribution < 1.29 is 14.6 Å². The number of nitrogens with zero attached hydrogens (tertiary/aromatic N) is 1. The Morgan fingerprint density at radius 1 is 1.50 bits per heavy atom. The zero-order valence-electron chi connectivity index (χ0n) is 11.3. The molecule has 0 bridgehead atoms. The van der Waals surface area contributed by atoms with Gasteiger partial charge >= 0.3 is 5.97 Å². The van der Waals surface area contributed by atoms with E-state index >= 15 is 0 Å². The van der Waals surface area contributed by atoms with E-state index in [2.05, 4.69) is 0 Å². The lowest BCUT2D eigenvalue weighted by atomic mass is 10.1. The highest BCUT2D eigenvalue weighted by Gasteiger charge is 2.29. The van der Waals surface area contributed by atoms with E-state index in [0.717, 1.165) is 17.5 Å². The van der Waals surface area contributed by atoms with Gasteiger partial charge in [-0.05, 0) is 31.9 Å². The predicted octanol–water partition coefficient (Wildman–Crippen LogP) is 2.00. The summed E-state index contributed by atoms with van der Waals surface area (Å²) in [6, 6.07) is 5.44. The van der Waals surface area contributed by atoms with Crippen molar-refractivity contribution in [2.24, 2.45) is 0 Å². The van der Waals surface area contributed by atoms with Gasteiger partial charge in [-0.3, -0.25) is 4.79 Å². The van der Waals surface area contributed by atoms with Gasteiger partial charge in [-0.15, -0.1) is 0 Å². The van der Waals surface area contributed by atoms with E-state index in [1.54, 1.807) is 17.6 Å². The van der Waals surface area contributed by atoms with E-state index in [1.807, 2.05) is 19.1 Å². The third kappa shape index (κ3) is 1.56. The highest BCUT2D eigenvalue weighted by molar-refractivity contribution is 6.00. The van der Waals surface area contributed by atoms with Gasteiger partial charge in [-0.2, -0.15) is 0 Å². The Balaban J connectivity index is 2.42. The molecule has 0 saturated carbocycles. The molecule has 5 nitrogen and oxygen atoms in total. The average molecular weight is 273 g/mol. The number of esters is 1. The summed E-state index contributed by atoms with van der Waals surface area (Å²) in [5, 5.41) is 10.8. The van der Waals surface area contributed by atoms with Crippen LogP contribution in [0.25, 0.3) is 10.9 Å². The average Bonchev–Trinajstić information content (AvgIpc) is 2.73. The second-order valence-corrected chi connectivity index (χ2v) is 4.99. The Labute approximate surface area is 115 Å². The van der Waals surface area contributed by atoms with Crippen LogP contribution >= 0.6 is 0 Å². The minimum atomic E-state index is -0.773. The molecule has 1 aliphatic heterocycles. The Bertz CT molecular complexity index is 776. The number of benzene rings is 1. The van der Waals surface area contributed by atoms with Crippen LogP contribution in [-0.2, 0) is 11.2 Å². The summed E-state index contributed by atoms with van der Waals surface area (Å²) in [6.45, 7) is 3.74. The first kappa shape index (κ1) is 12.7. The van der Waals surface area contributed by atoms with Crippen LogP contribution in [0.2, 0.25) is 0 Å². The lowest BCUT2D eigenvalue weighted by molar-refractivity contribution is 0.0520. The number of ether oxygens (including phenoxy) is 1. The lowest BCUT2D eigenvalue weighted by Gasteiger charge is -2.13. The first-order valence-electron chi connectivity index (χ1n) is 6.62.